The highest BCUT2D eigenvalue weighted by Crippen LogP contribution is 2.36. The average Bonchev–Trinajstić information content (AvgIpc) is 3.07. The van der Waals surface area contributed by atoms with Crippen LogP contribution in [0.15, 0.2) is 35.7 Å². The second kappa shape index (κ2) is 5.05. The van der Waals surface area contributed by atoms with E-state index in [0.29, 0.717) is 5.15 Å². The van der Waals surface area contributed by atoms with E-state index in [0.717, 1.165) is 28.0 Å². The van der Waals surface area contributed by atoms with Crippen molar-refractivity contribution >= 4 is 54.6 Å². The molecule has 104 valence electrons. The van der Waals surface area contributed by atoms with Gasteiger partial charge in [-0.1, -0.05) is 30.7 Å². The molecule has 4 rings (SSSR count). The van der Waals surface area contributed by atoms with Gasteiger partial charge in [-0.25, -0.2) is 9.97 Å². The molecule has 3 aromatic heterocycles. The van der Waals surface area contributed by atoms with Gasteiger partial charge in [-0.05, 0) is 35.6 Å². The summed E-state index contributed by atoms with van der Waals surface area (Å²) < 4.78 is 2.55. The van der Waals surface area contributed by atoms with Gasteiger partial charge in [-0.3, -0.25) is 0 Å². The van der Waals surface area contributed by atoms with Crippen LogP contribution < -0.4 is 0 Å². The summed E-state index contributed by atoms with van der Waals surface area (Å²) in [6.45, 7) is 2.13. The van der Waals surface area contributed by atoms with Gasteiger partial charge in [-0.15, -0.1) is 22.7 Å². The molecule has 0 fully saturated rings. The summed E-state index contributed by atoms with van der Waals surface area (Å²) in [4.78, 5) is 10.3. The zero-order valence-electron chi connectivity index (χ0n) is 11.3. The first-order valence-corrected chi connectivity index (χ1v) is 8.76. The maximum Gasteiger partial charge on any atom is 0.171 e. The minimum atomic E-state index is 0.530. The van der Waals surface area contributed by atoms with Gasteiger partial charge in [0.2, 0.25) is 0 Å². The zero-order valence-corrected chi connectivity index (χ0v) is 13.6. The lowest BCUT2D eigenvalue weighted by Gasteiger charge is -2.06. The number of fused-ring (bicyclic) bond motifs is 2. The molecule has 0 atom stereocenters. The molecular weight excluding hydrogens is 320 g/mol. The van der Waals surface area contributed by atoms with E-state index in [2.05, 4.69) is 35.5 Å². The number of rotatable bonds is 2. The van der Waals surface area contributed by atoms with Gasteiger partial charge in [0.15, 0.2) is 5.82 Å². The highest BCUT2D eigenvalue weighted by Gasteiger charge is 2.13. The Hall–Kier alpha value is -1.49. The number of para-hydroxylation sites is 1. The summed E-state index contributed by atoms with van der Waals surface area (Å²) in [5.41, 5.74) is 2.17. The van der Waals surface area contributed by atoms with Crippen molar-refractivity contribution in [2.24, 2.45) is 0 Å². The number of aromatic nitrogens is 2. The van der Waals surface area contributed by atoms with Crippen LogP contribution in [0, 0.1) is 0 Å². The van der Waals surface area contributed by atoms with E-state index >= 15 is 0 Å². The zero-order chi connectivity index (χ0) is 14.4. The minimum Gasteiger partial charge on any atom is -0.227 e. The molecule has 0 amide bonds. The van der Waals surface area contributed by atoms with Crippen LogP contribution in [0.25, 0.3) is 31.0 Å². The van der Waals surface area contributed by atoms with E-state index in [1.54, 1.807) is 22.7 Å². The Kier molecular flexibility index (Phi) is 3.17. The molecule has 0 saturated carbocycles. The SMILES string of the molecule is CCc1cccc2c(Cl)nc(-c3cc4sccc4s3)nc12. The summed E-state index contributed by atoms with van der Waals surface area (Å²) in [6.07, 6.45) is 0.934. The van der Waals surface area contributed by atoms with Gasteiger partial charge in [0.1, 0.15) is 5.15 Å². The van der Waals surface area contributed by atoms with E-state index in [9.17, 15) is 0 Å². The van der Waals surface area contributed by atoms with Crippen molar-refractivity contribution in [1.29, 1.82) is 0 Å². The molecule has 0 N–H and O–H groups in total. The lowest BCUT2D eigenvalue weighted by Crippen LogP contribution is -1.93. The van der Waals surface area contributed by atoms with E-state index < -0.39 is 0 Å². The quantitative estimate of drug-likeness (QED) is 0.435. The third-order valence-corrected chi connectivity index (χ3v) is 5.88. The van der Waals surface area contributed by atoms with Crippen molar-refractivity contribution in [3.8, 4) is 10.7 Å². The first-order chi connectivity index (χ1) is 10.3. The molecule has 0 aliphatic carbocycles. The molecular formula is C16H11ClN2S2. The first kappa shape index (κ1) is 13.2. The molecule has 0 spiro atoms. The monoisotopic (exact) mass is 330 g/mol. The molecule has 0 radical (unpaired) electrons. The highest BCUT2D eigenvalue weighted by atomic mass is 35.5. The van der Waals surface area contributed by atoms with Gasteiger partial charge in [0.25, 0.3) is 0 Å². The van der Waals surface area contributed by atoms with Crippen LogP contribution in [-0.2, 0) is 6.42 Å². The van der Waals surface area contributed by atoms with E-state index in [1.165, 1.54) is 15.0 Å². The standard InChI is InChI=1S/C16H11ClN2S2/c1-2-9-4-3-5-10-14(9)18-16(19-15(10)17)13-8-12-11(21-13)6-7-20-12/h3-8H,2H2,1H3. The number of aryl methyl sites for hydroxylation is 1. The van der Waals surface area contributed by atoms with E-state index in [4.69, 9.17) is 16.6 Å². The summed E-state index contributed by atoms with van der Waals surface area (Å²) in [5.74, 6) is 0.724. The summed E-state index contributed by atoms with van der Waals surface area (Å²) in [6, 6.07) is 10.4. The second-order valence-corrected chi connectivity index (χ2v) is 7.15. The number of benzene rings is 1. The fourth-order valence-corrected chi connectivity index (χ4v) is 4.72. The molecule has 0 bridgehead atoms. The predicted molar refractivity (Wildman–Crippen MR) is 92.6 cm³/mol. The Morgan fingerprint density at radius 2 is 2.05 bits per heavy atom. The van der Waals surface area contributed by atoms with Gasteiger partial charge in [0, 0.05) is 14.8 Å². The maximum absolute atomic E-state index is 6.37. The smallest absolute Gasteiger partial charge is 0.171 e. The van der Waals surface area contributed by atoms with Crippen LogP contribution in [0.1, 0.15) is 12.5 Å². The predicted octanol–water partition coefficient (Wildman–Crippen LogP) is 5.79. The molecule has 2 nitrogen and oxygen atoms in total. The minimum absolute atomic E-state index is 0.530. The fourth-order valence-electron chi connectivity index (χ4n) is 2.45. The largest absolute Gasteiger partial charge is 0.227 e. The Morgan fingerprint density at radius 3 is 2.86 bits per heavy atom. The normalized spacial score (nSPS) is 11.5. The Labute approximate surface area is 135 Å². The van der Waals surface area contributed by atoms with Crippen molar-refractivity contribution in [2.75, 3.05) is 0 Å². The Morgan fingerprint density at radius 1 is 1.14 bits per heavy atom. The molecule has 0 aliphatic rings. The number of hydrogen-bond donors (Lipinski definition) is 0. The summed E-state index contributed by atoms with van der Waals surface area (Å²) >= 11 is 9.82. The number of halogens is 1. The third-order valence-electron chi connectivity index (χ3n) is 3.50. The Balaban J connectivity index is 1.98. The van der Waals surface area contributed by atoms with Crippen molar-refractivity contribution in [2.45, 2.75) is 13.3 Å². The number of thiophene rings is 2. The highest BCUT2D eigenvalue weighted by molar-refractivity contribution is 7.28. The molecule has 5 heteroatoms. The average molecular weight is 331 g/mol. The lowest BCUT2D eigenvalue weighted by molar-refractivity contribution is 1.13. The van der Waals surface area contributed by atoms with Gasteiger partial charge >= 0.3 is 0 Å². The van der Waals surface area contributed by atoms with Crippen LogP contribution in [0.3, 0.4) is 0 Å². The molecule has 21 heavy (non-hydrogen) atoms. The molecule has 0 saturated heterocycles. The van der Waals surface area contributed by atoms with Crippen molar-refractivity contribution in [3.05, 3.63) is 46.4 Å². The Bertz CT molecular complexity index is 927. The molecule has 1 aromatic carbocycles. The van der Waals surface area contributed by atoms with Gasteiger partial charge < -0.3 is 0 Å². The molecule has 0 unspecified atom stereocenters. The van der Waals surface area contributed by atoms with Gasteiger partial charge in [-0.2, -0.15) is 0 Å². The second-order valence-electron chi connectivity index (χ2n) is 4.76. The van der Waals surface area contributed by atoms with Crippen molar-refractivity contribution in [1.82, 2.24) is 9.97 Å². The molecule has 0 aliphatic heterocycles. The summed E-state index contributed by atoms with van der Waals surface area (Å²) in [5, 5.41) is 3.56. The number of hydrogen-bond acceptors (Lipinski definition) is 4. The maximum atomic E-state index is 6.37. The number of nitrogens with zero attached hydrogens (tertiary/aromatic N) is 2. The van der Waals surface area contributed by atoms with Crippen LogP contribution in [-0.4, -0.2) is 9.97 Å². The molecule has 3 heterocycles. The van der Waals surface area contributed by atoms with Crippen molar-refractivity contribution in [3.63, 3.8) is 0 Å². The van der Waals surface area contributed by atoms with Crippen molar-refractivity contribution < 1.29 is 0 Å². The lowest BCUT2D eigenvalue weighted by atomic mass is 10.1. The van der Waals surface area contributed by atoms with Crippen LogP contribution in [0.4, 0.5) is 0 Å². The van der Waals surface area contributed by atoms with Crippen LogP contribution in [0.5, 0.6) is 0 Å². The summed E-state index contributed by atoms with van der Waals surface area (Å²) in [7, 11) is 0. The molecule has 4 aromatic rings. The first-order valence-electron chi connectivity index (χ1n) is 6.69. The van der Waals surface area contributed by atoms with Gasteiger partial charge in [0.05, 0.1) is 10.4 Å². The topological polar surface area (TPSA) is 25.8 Å². The van der Waals surface area contributed by atoms with E-state index in [1.807, 2.05) is 12.1 Å². The van der Waals surface area contributed by atoms with Crippen LogP contribution >= 0.6 is 34.3 Å². The fraction of sp³-hybridized carbons (Fsp3) is 0.125. The van der Waals surface area contributed by atoms with Crippen LogP contribution in [0.2, 0.25) is 5.15 Å². The third kappa shape index (κ3) is 2.14. The van der Waals surface area contributed by atoms with E-state index in [-0.39, 0.29) is 0 Å².